The highest BCUT2D eigenvalue weighted by atomic mass is 32.1. The van der Waals surface area contributed by atoms with Gasteiger partial charge in [-0.15, -0.1) is 11.3 Å². The second kappa shape index (κ2) is 7.20. The zero-order chi connectivity index (χ0) is 20.6. The third-order valence-electron chi connectivity index (χ3n) is 4.45. The molecule has 2 aromatic heterocycles. The standard InChI is InChI=1S/C20H21N3O4S/c1-11-21-17-16(14(10-28-17)19(26)27)18(25)23(11)9-15(24)22-13-7-5-12(6-8-13)20(2,3)4/h5-8,10H,9H2,1-4H3,(H,22,24)(H,26,27). The van der Waals surface area contributed by atoms with Crippen LogP contribution >= 0.6 is 11.3 Å². The van der Waals surface area contributed by atoms with Crippen molar-refractivity contribution in [1.82, 2.24) is 9.55 Å². The molecule has 1 amide bonds. The van der Waals surface area contributed by atoms with Crippen LogP contribution in [0.1, 0.15) is 42.5 Å². The van der Waals surface area contributed by atoms with Gasteiger partial charge in [-0.2, -0.15) is 0 Å². The van der Waals surface area contributed by atoms with Gasteiger partial charge in [0.25, 0.3) is 5.56 Å². The lowest BCUT2D eigenvalue weighted by molar-refractivity contribution is -0.116. The number of fused-ring (bicyclic) bond motifs is 1. The Hall–Kier alpha value is -3.00. The highest BCUT2D eigenvalue weighted by Gasteiger charge is 2.19. The monoisotopic (exact) mass is 399 g/mol. The predicted octanol–water partition coefficient (Wildman–Crippen LogP) is 3.40. The maximum atomic E-state index is 12.8. The molecule has 7 nitrogen and oxygen atoms in total. The summed E-state index contributed by atoms with van der Waals surface area (Å²) in [4.78, 5) is 41.2. The molecule has 0 unspecified atom stereocenters. The molecule has 0 saturated heterocycles. The van der Waals surface area contributed by atoms with Gasteiger partial charge in [-0.25, -0.2) is 9.78 Å². The molecule has 0 aliphatic carbocycles. The molecule has 28 heavy (non-hydrogen) atoms. The fourth-order valence-corrected chi connectivity index (χ4v) is 3.82. The highest BCUT2D eigenvalue weighted by molar-refractivity contribution is 7.17. The van der Waals surface area contributed by atoms with E-state index in [1.165, 1.54) is 9.95 Å². The number of carboxylic acid groups (broad SMARTS) is 1. The molecule has 0 bridgehead atoms. The molecule has 8 heteroatoms. The number of anilines is 1. The smallest absolute Gasteiger partial charge is 0.337 e. The van der Waals surface area contributed by atoms with Crippen LogP contribution in [0.2, 0.25) is 0 Å². The number of nitrogens with one attached hydrogen (secondary N) is 1. The van der Waals surface area contributed by atoms with Crippen LogP contribution in [-0.4, -0.2) is 26.5 Å². The van der Waals surface area contributed by atoms with Crippen LogP contribution in [0.4, 0.5) is 5.69 Å². The summed E-state index contributed by atoms with van der Waals surface area (Å²) < 4.78 is 1.19. The van der Waals surface area contributed by atoms with Crippen LogP contribution in [0.15, 0.2) is 34.4 Å². The largest absolute Gasteiger partial charge is 0.478 e. The highest BCUT2D eigenvalue weighted by Crippen LogP contribution is 2.24. The van der Waals surface area contributed by atoms with Gasteiger partial charge >= 0.3 is 5.97 Å². The van der Waals surface area contributed by atoms with Crippen LogP contribution in [-0.2, 0) is 16.8 Å². The van der Waals surface area contributed by atoms with Gasteiger partial charge in [0.15, 0.2) is 0 Å². The van der Waals surface area contributed by atoms with Crippen LogP contribution in [0, 0.1) is 6.92 Å². The van der Waals surface area contributed by atoms with Crippen molar-refractivity contribution in [2.75, 3.05) is 5.32 Å². The first kappa shape index (κ1) is 19.8. The van der Waals surface area contributed by atoms with Crippen molar-refractivity contribution in [2.45, 2.75) is 39.7 Å². The molecule has 0 saturated carbocycles. The molecule has 0 spiro atoms. The minimum absolute atomic E-state index is 0.0103. The summed E-state index contributed by atoms with van der Waals surface area (Å²) in [6, 6.07) is 7.53. The van der Waals surface area contributed by atoms with E-state index in [9.17, 15) is 19.5 Å². The van der Waals surface area contributed by atoms with Gasteiger partial charge in [0.1, 0.15) is 17.2 Å². The Kier molecular flexibility index (Phi) is 5.08. The average molecular weight is 399 g/mol. The van der Waals surface area contributed by atoms with E-state index in [0.717, 1.165) is 16.9 Å². The number of carbonyl (C=O) groups excluding carboxylic acids is 1. The molecule has 2 N–H and O–H groups in total. The quantitative estimate of drug-likeness (QED) is 0.700. The van der Waals surface area contributed by atoms with E-state index in [1.54, 1.807) is 6.92 Å². The number of rotatable bonds is 4. The first-order valence-electron chi connectivity index (χ1n) is 8.70. The first-order valence-corrected chi connectivity index (χ1v) is 9.58. The molecule has 0 aliphatic rings. The zero-order valence-corrected chi connectivity index (χ0v) is 16.9. The lowest BCUT2D eigenvalue weighted by Gasteiger charge is -2.19. The van der Waals surface area contributed by atoms with Crippen molar-refractivity contribution >= 4 is 39.1 Å². The van der Waals surface area contributed by atoms with E-state index < -0.39 is 11.5 Å². The van der Waals surface area contributed by atoms with E-state index in [0.29, 0.717) is 16.3 Å². The average Bonchev–Trinajstić information content (AvgIpc) is 3.02. The van der Waals surface area contributed by atoms with Gasteiger partial charge in [0.2, 0.25) is 5.91 Å². The summed E-state index contributed by atoms with van der Waals surface area (Å²) in [5.74, 6) is -1.22. The zero-order valence-electron chi connectivity index (χ0n) is 16.1. The summed E-state index contributed by atoms with van der Waals surface area (Å²) >= 11 is 1.10. The minimum Gasteiger partial charge on any atom is -0.478 e. The van der Waals surface area contributed by atoms with E-state index in [-0.39, 0.29) is 28.8 Å². The summed E-state index contributed by atoms with van der Waals surface area (Å²) in [6.07, 6.45) is 0. The Bertz CT molecular complexity index is 1120. The Labute approximate surface area is 165 Å². The number of amides is 1. The van der Waals surface area contributed by atoms with E-state index >= 15 is 0 Å². The number of aryl methyl sites for hydroxylation is 1. The van der Waals surface area contributed by atoms with E-state index in [4.69, 9.17) is 0 Å². The van der Waals surface area contributed by atoms with Gasteiger partial charge in [0, 0.05) is 11.1 Å². The SMILES string of the molecule is Cc1nc2scc(C(=O)O)c2c(=O)n1CC(=O)Nc1ccc(C(C)(C)C)cc1. The van der Waals surface area contributed by atoms with Gasteiger partial charge in [-0.1, -0.05) is 32.9 Å². The van der Waals surface area contributed by atoms with Crippen molar-refractivity contribution < 1.29 is 14.7 Å². The number of aromatic nitrogens is 2. The third-order valence-corrected chi connectivity index (χ3v) is 5.32. The van der Waals surface area contributed by atoms with Crippen molar-refractivity contribution in [3.8, 4) is 0 Å². The molecule has 0 radical (unpaired) electrons. The van der Waals surface area contributed by atoms with E-state index in [1.807, 2.05) is 24.3 Å². The lowest BCUT2D eigenvalue weighted by Crippen LogP contribution is -2.30. The number of thiophene rings is 1. The van der Waals surface area contributed by atoms with Crippen LogP contribution in [0.25, 0.3) is 10.2 Å². The fourth-order valence-electron chi connectivity index (χ4n) is 2.87. The Morgan fingerprint density at radius 3 is 2.43 bits per heavy atom. The molecule has 2 heterocycles. The maximum absolute atomic E-state index is 12.8. The van der Waals surface area contributed by atoms with Crippen LogP contribution in [0.5, 0.6) is 0 Å². The Morgan fingerprint density at radius 2 is 1.86 bits per heavy atom. The molecule has 146 valence electrons. The second-order valence-electron chi connectivity index (χ2n) is 7.56. The number of carbonyl (C=O) groups is 2. The Balaban J connectivity index is 1.86. The molecule has 0 fully saturated rings. The molecule has 0 aliphatic heterocycles. The van der Waals surface area contributed by atoms with Crippen molar-refractivity contribution in [1.29, 1.82) is 0 Å². The fraction of sp³-hybridized carbons (Fsp3) is 0.300. The summed E-state index contributed by atoms with van der Waals surface area (Å²) in [6.45, 7) is 7.69. The molecule has 3 aromatic rings. The number of hydrogen-bond donors (Lipinski definition) is 2. The number of benzene rings is 1. The van der Waals surface area contributed by atoms with Crippen LogP contribution < -0.4 is 10.9 Å². The molecular weight excluding hydrogens is 378 g/mol. The maximum Gasteiger partial charge on any atom is 0.337 e. The first-order chi connectivity index (χ1) is 13.1. The summed E-state index contributed by atoms with van der Waals surface area (Å²) in [5, 5.41) is 13.5. The summed E-state index contributed by atoms with van der Waals surface area (Å²) in [5.41, 5.74) is 1.16. The normalized spacial score (nSPS) is 11.6. The van der Waals surface area contributed by atoms with Crippen LogP contribution in [0.3, 0.4) is 0 Å². The molecular formula is C20H21N3O4S. The topological polar surface area (TPSA) is 101 Å². The van der Waals surface area contributed by atoms with Gasteiger partial charge < -0.3 is 10.4 Å². The number of nitrogens with zero attached hydrogens (tertiary/aromatic N) is 2. The van der Waals surface area contributed by atoms with Gasteiger partial charge in [-0.3, -0.25) is 14.2 Å². The van der Waals surface area contributed by atoms with Crippen molar-refractivity contribution in [3.05, 3.63) is 57.0 Å². The number of carboxylic acids is 1. The second-order valence-corrected chi connectivity index (χ2v) is 8.42. The molecule has 1 aromatic carbocycles. The van der Waals surface area contributed by atoms with E-state index in [2.05, 4.69) is 31.1 Å². The van der Waals surface area contributed by atoms with Crippen molar-refractivity contribution in [3.63, 3.8) is 0 Å². The van der Waals surface area contributed by atoms with Gasteiger partial charge in [0.05, 0.1) is 10.9 Å². The molecule has 0 atom stereocenters. The predicted molar refractivity (Wildman–Crippen MR) is 109 cm³/mol. The minimum atomic E-state index is -1.19. The number of aromatic carboxylic acids is 1. The molecule has 3 rings (SSSR count). The Morgan fingerprint density at radius 1 is 1.21 bits per heavy atom. The lowest BCUT2D eigenvalue weighted by atomic mass is 9.87. The van der Waals surface area contributed by atoms with Gasteiger partial charge in [-0.05, 0) is 30.0 Å². The number of hydrogen-bond acceptors (Lipinski definition) is 5. The third kappa shape index (κ3) is 3.82. The van der Waals surface area contributed by atoms with Crippen molar-refractivity contribution in [2.24, 2.45) is 0 Å². The summed E-state index contributed by atoms with van der Waals surface area (Å²) in [7, 11) is 0.